The molecule has 5 heteroatoms. The zero-order valence-corrected chi connectivity index (χ0v) is 10.1. The molecule has 0 amide bonds. The van der Waals surface area contributed by atoms with Crippen LogP contribution >= 0.6 is 0 Å². The van der Waals surface area contributed by atoms with Gasteiger partial charge in [-0.15, -0.1) is 0 Å². The van der Waals surface area contributed by atoms with Crippen LogP contribution in [0.1, 0.15) is 17.4 Å². The van der Waals surface area contributed by atoms with Crippen molar-refractivity contribution in [3.63, 3.8) is 0 Å². The molecule has 0 saturated carbocycles. The van der Waals surface area contributed by atoms with Crippen molar-refractivity contribution in [2.75, 3.05) is 19.7 Å². The molecule has 1 saturated heterocycles. The number of ether oxygens (including phenoxy) is 1. The average molecular weight is 244 g/mol. The highest BCUT2D eigenvalue weighted by molar-refractivity contribution is 5.13. The van der Waals surface area contributed by atoms with Crippen LogP contribution in [0.4, 0.5) is 0 Å². The maximum absolute atomic E-state index is 5.77. The molecule has 1 aliphatic heterocycles. The number of nitrogens with zero attached hydrogens (tertiary/aromatic N) is 3. The van der Waals surface area contributed by atoms with Crippen molar-refractivity contribution >= 4 is 0 Å². The Kier molecular flexibility index (Phi) is 3.34. The maximum Gasteiger partial charge on any atom is 0.111 e. The second-order valence-corrected chi connectivity index (χ2v) is 4.37. The second-order valence-electron chi connectivity index (χ2n) is 4.37. The van der Waals surface area contributed by atoms with Gasteiger partial charge in [0, 0.05) is 32.0 Å². The van der Waals surface area contributed by atoms with Gasteiger partial charge in [-0.3, -0.25) is 4.98 Å². The number of nitrogens with one attached hydrogen (secondary N) is 1. The Hall–Kier alpha value is -1.72. The van der Waals surface area contributed by atoms with E-state index in [2.05, 4.69) is 19.9 Å². The Labute approximate surface area is 106 Å². The van der Waals surface area contributed by atoms with Crippen LogP contribution in [-0.2, 0) is 11.3 Å². The molecule has 2 aromatic heterocycles. The molecule has 0 spiro atoms. The van der Waals surface area contributed by atoms with Crippen LogP contribution < -0.4 is 5.32 Å². The van der Waals surface area contributed by atoms with E-state index in [1.54, 1.807) is 0 Å². The van der Waals surface area contributed by atoms with Gasteiger partial charge < -0.3 is 14.6 Å². The van der Waals surface area contributed by atoms with E-state index in [0.717, 1.165) is 31.9 Å². The highest BCUT2D eigenvalue weighted by Gasteiger charge is 2.19. The van der Waals surface area contributed by atoms with E-state index in [9.17, 15) is 0 Å². The molecule has 3 heterocycles. The van der Waals surface area contributed by atoms with E-state index in [1.165, 1.54) is 5.56 Å². The highest BCUT2D eigenvalue weighted by atomic mass is 16.5. The van der Waals surface area contributed by atoms with Crippen LogP contribution in [0, 0.1) is 0 Å². The van der Waals surface area contributed by atoms with Crippen molar-refractivity contribution in [3.8, 4) is 0 Å². The van der Waals surface area contributed by atoms with Gasteiger partial charge in [0.2, 0.25) is 0 Å². The molecule has 18 heavy (non-hydrogen) atoms. The summed E-state index contributed by atoms with van der Waals surface area (Å²) in [6, 6.07) is 4.04. The van der Waals surface area contributed by atoms with Crippen molar-refractivity contribution in [2.45, 2.75) is 12.6 Å². The van der Waals surface area contributed by atoms with E-state index in [4.69, 9.17) is 4.74 Å². The van der Waals surface area contributed by atoms with Crippen LogP contribution in [0.2, 0.25) is 0 Å². The fourth-order valence-corrected chi connectivity index (χ4v) is 2.17. The molecule has 1 aliphatic rings. The summed E-state index contributed by atoms with van der Waals surface area (Å²) in [5.74, 6) is 0. The Morgan fingerprint density at radius 2 is 2.22 bits per heavy atom. The highest BCUT2D eigenvalue weighted by Crippen LogP contribution is 2.19. The summed E-state index contributed by atoms with van der Waals surface area (Å²) in [5.41, 5.74) is 2.34. The predicted octanol–water partition coefficient (Wildman–Crippen LogP) is 0.987. The molecule has 1 fully saturated rings. The van der Waals surface area contributed by atoms with Crippen molar-refractivity contribution in [1.29, 1.82) is 0 Å². The van der Waals surface area contributed by atoms with E-state index >= 15 is 0 Å². The summed E-state index contributed by atoms with van der Waals surface area (Å²) < 4.78 is 7.90. The summed E-state index contributed by atoms with van der Waals surface area (Å²) in [6.45, 7) is 3.33. The van der Waals surface area contributed by atoms with Gasteiger partial charge in [0.15, 0.2) is 0 Å². The van der Waals surface area contributed by atoms with Crippen molar-refractivity contribution in [3.05, 3.63) is 48.3 Å². The van der Waals surface area contributed by atoms with E-state index < -0.39 is 0 Å². The molecule has 1 unspecified atom stereocenters. The molecule has 1 atom stereocenters. The van der Waals surface area contributed by atoms with Gasteiger partial charge in [-0.2, -0.15) is 0 Å². The normalized spacial score (nSPS) is 19.9. The lowest BCUT2D eigenvalue weighted by atomic mass is 10.2. The second kappa shape index (κ2) is 5.29. The summed E-state index contributed by atoms with van der Waals surface area (Å²) in [4.78, 5) is 8.26. The van der Waals surface area contributed by atoms with Crippen LogP contribution in [0.3, 0.4) is 0 Å². The number of imidazole rings is 1. The lowest BCUT2D eigenvalue weighted by Crippen LogP contribution is -2.34. The average Bonchev–Trinajstić information content (AvgIpc) is 2.89. The number of morpholine rings is 1. The van der Waals surface area contributed by atoms with E-state index in [-0.39, 0.29) is 6.10 Å². The maximum atomic E-state index is 5.77. The predicted molar refractivity (Wildman–Crippen MR) is 67.1 cm³/mol. The molecule has 94 valence electrons. The van der Waals surface area contributed by atoms with E-state index in [0.29, 0.717) is 0 Å². The van der Waals surface area contributed by atoms with Gasteiger partial charge >= 0.3 is 0 Å². The molecule has 0 aliphatic carbocycles. The van der Waals surface area contributed by atoms with Crippen LogP contribution in [0.25, 0.3) is 0 Å². The van der Waals surface area contributed by atoms with Gasteiger partial charge in [0.05, 0.1) is 24.8 Å². The summed E-state index contributed by atoms with van der Waals surface area (Å²) in [5, 5.41) is 3.34. The molecule has 1 N–H and O–H groups in total. The SMILES string of the molecule is c1cc(Cn2cncc2C2CNCCO2)ccn1. The first kappa shape index (κ1) is 11.4. The molecule has 0 aromatic carbocycles. The molecule has 3 rings (SSSR count). The smallest absolute Gasteiger partial charge is 0.111 e. The molecule has 2 aromatic rings. The minimum absolute atomic E-state index is 0.100. The minimum Gasteiger partial charge on any atom is -0.369 e. The summed E-state index contributed by atoms with van der Waals surface area (Å²) >= 11 is 0. The zero-order chi connectivity index (χ0) is 12.2. The number of aromatic nitrogens is 3. The number of hydrogen-bond donors (Lipinski definition) is 1. The largest absolute Gasteiger partial charge is 0.369 e. The third-order valence-corrected chi connectivity index (χ3v) is 3.10. The fraction of sp³-hybridized carbons (Fsp3) is 0.385. The number of rotatable bonds is 3. The summed E-state index contributed by atoms with van der Waals surface area (Å²) in [7, 11) is 0. The first-order chi connectivity index (χ1) is 8.93. The topological polar surface area (TPSA) is 52.0 Å². The molecular weight excluding hydrogens is 228 g/mol. The lowest BCUT2D eigenvalue weighted by Gasteiger charge is -2.24. The Bertz CT molecular complexity index is 491. The Morgan fingerprint density at radius 1 is 1.33 bits per heavy atom. The molecule has 0 bridgehead atoms. The zero-order valence-electron chi connectivity index (χ0n) is 10.1. The van der Waals surface area contributed by atoms with Gasteiger partial charge in [-0.05, 0) is 17.7 Å². The quantitative estimate of drug-likeness (QED) is 0.874. The third kappa shape index (κ3) is 2.42. The van der Waals surface area contributed by atoms with Crippen molar-refractivity contribution in [1.82, 2.24) is 19.9 Å². The standard InChI is InChI=1S/C13H16N4O/c1-3-14-4-2-11(1)9-17-10-16-7-12(17)13-8-15-5-6-18-13/h1-4,7,10,13,15H,5-6,8-9H2. The van der Waals surface area contributed by atoms with Crippen LogP contribution in [0.15, 0.2) is 37.1 Å². The van der Waals surface area contributed by atoms with Crippen molar-refractivity contribution in [2.24, 2.45) is 0 Å². The van der Waals surface area contributed by atoms with Gasteiger partial charge in [-0.25, -0.2) is 4.98 Å². The lowest BCUT2D eigenvalue weighted by molar-refractivity contribution is 0.0230. The Morgan fingerprint density at radius 3 is 3.00 bits per heavy atom. The van der Waals surface area contributed by atoms with Gasteiger partial charge in [0.1, 0.15) is 6.10 Å². The third-order valence-electron chi connectivity index (χ3n) is 3.10. The first-order valence-corrected chi connectivity index (χ1v) is 6.15. The molecular formula is C13H16N4O. The number of pyridine rings is 1. The van der Waals surface area contributed by atoms with E-state index in [1.807, 2.05) is 37.1 Å². The number of hydrogen-bond acceptors (Lipinski definition) is 4. The Balaban J connectivity index is 1.78. The molecule has 5 nitrogen and oxygen atoms in total. The van der Waals surface area contributed by atoms with Gasteiger partial charge in [-0.1, -0.05) is 0 Å². The van der Waals surface area contributed by atoms with Crippen LogP contribution in [-0.4, -0.2) is 34.2 Å². The van der Waals surface area contributed by atoms with Crippen LogP contribution in [0.5, 0.6) is 0 Å². The minimum atomic E-state index is 0.100. The monoisotopic (exact) mass is 244 g/mol. The summed E-state index contributed by atoms with van der Waals surface area (Å²) in [6.07, 6.45) is 7.46. The fourth-order valence-electron chi connectivity index (χ4n) is 2.17. The van der Waals surface area contributed by atoms with Crippen molar-refractivity contribution < 1.29 is 4.74 Å². The first-order valence-electron chi connectivity index (χ1n) is 6.15. The van der Waals surface area contributed by atoms with Gasteiger partial charge in [0.25, 0.3) is 0 Å². The molecule has 0 radical (unpaired) electrons.